The second-order valence-corrected chi connectivity index (χ2v) is 10.7. The number of hydrogen-bond donors (Lipinski definition) is 6. The molecule has 0 unspecified atom stereocenters. The fourth-order valence-corrected chi connectivity index (χ4v) is 5.36. The molecule has 2 aromatic carbocycles. The summed E-state index contributed by atoms with van der Waals surface area (Å²) in [5, 5.41) is 6.88. The van der Waals surface area contributed by atoms with Gasteiger partial charge in [-0.1, -0.05) is 24.3 Å². The summed E-state index contributed by atoms with van der Waals surface area (Å²) in [7, 11) is 4.27. The largest absolute Gasteiger partial charge is 1.00 e. The molecule has 0 aliphatic heterocycles. The fourth-order valence-electron chi connectivity index (χ4n) is 5.36. The van der Waals surface area contributed by atoms with E-state index >= 15 is 0 Å². The molecule has 0 bridgehead atoms. The highest BCUT2D eigenvalue weighted by Gasteiger charge is 2.34. The molecule has 0 saturated carbocycles. The third-order valence-corrected chi connectivity index (χ3v) is 7.69. The van der Waals surface area contributed by atoms with E-state index in [-0.39, 0.29) is 36.4 Å². The van der Waals surface area contributed by atoms with Crippen LogP contribution in [0.2, 0.25) is 0 Å². The van der Waals surface area contributed by atoms with Crippen molar-refractivity contribution in [3.63, 3.8) is 0 Å². The topological polar surface area (TPSA) is 162 Å². The number of carbonyl (C=O) groups is 2. The maximum absolute atomic E-state index is 13.7. The van der Waals surface area contributed by atoms with Gasteiger partial charge in [-0.05, 0) is 12.1 Å². The number of nitrogens with two attached hydrogens (primary N) is 4. The van der Waals surface area contributed by atoms with Crippen LogP contribution in [0.4, 0.5) is 11.4 Å². The van der Waals surface area contributed by atoms with E-state index < -0.39 is 0 Å². The minimum absolute atomic E-state index is 0. The first-order chi connectivity index (χ1) is 18.2. The SMILES string of the molecule is C[N+](CCN)(CCN)CCNc1ccc(NCC[N+](C)(CCN)CCN)c2c1C(=O)c1ccccc1C2=O.[Cl-].[Cl-]. The molecule has 0 spiro atoms. The molecule has 0 aromatic heterocycles. The van der Waals surface area contributed by atoms with Crippen molar-refractivity contribution in [2.75, 3.05) is 103 Å². The lowest BCUT2D eigenvalue weighted by Gasteiger charge is -2.34. The number of halogens is 2. The van der Waals surface area contributed by atoms with Crippen LogP contribution in [0.3, 0.4) is 0 Å². The highest BCUT2D eigenvalue weighted by molar-refractivity contribution is 6.31. The first-order valence-corrected chi connectivity index (χ1v) is 13.5. The molecular formula is C28H46Cl2N8O2. The molecule has 12 heteroatoms. The number of hydrogen-bond acceptors (Lipinski definition) is 8. The van der Waals surface area contributed by atoms with E-state index in [9.17, 15) is 9.59 Å². The zero-order valence-corrected chi connectivity index (χ0v) is 25.2. The fraction of sp³-hybridized carbons (Fsp3) is 0.500. The van der Waals surface area contributed by atoms with Gasteiger partial charge < -0.3 is 67.3 Å². The Hall–Kier alpha value is -2.28. The molecule has 0 heterocycles. The number of benzene rings is 2. The smallest absolute Gasteiger partial charge is 0.196 e. The number of rotatable bonds is 16. The standard InChI is InChI=1S/C28H44N8O2.2ClH/c1-35(15-9-29,16-10-30)19-13-33-23-7-8-24(34-14-20-36(2,17-11-31)18-12-32)26-25(23)27(37)21-5-3-4-6-22(21)28(26)38;;/h3-8H,9-20,29-32H2,1-2H3;2*1H. The van der Waals surface area contributed by atoms with Gasteiger partial charge >= 0.3 is 0 Å². The molecule has 10 nitrogen and oxygen atoms in total. The van der Waals surface area contributed by atoms with Crippen molar-refractivity contribution in [3.05, 3.63) is 58.7 Å². The van der Waals surface area contributed by atoms with Crippen molar-refractivity contribution in [1.29, 1.82) is 0 Å². The number of nitrogens with zero attached hydrogens (tertiary/aromatic N) is 2. The van der Waals surface area contributed by atoms with Crippen molar-refractivity contribution in [2.45, 2.75) is 0 Å². The molecule has 0 atom stereocenters. The molecule has 224 valence electrons. The van der Waals surface area contributed by atoms with E-state index in [2.05, 4.69) is 24.7 Å². The Morgan fingerprint density at radius 1 is 0.575 bits per heavy atom. The monoisotopic (exact) mass is 596 g/mol. The summed E-state index contributed by atoms with van der Waals surface area (Å²) in [5.41, 5.74) is 26.4. The van der Waals surface area contributed by atoms with Crippen molar-refractivity contribution in [3.8, 4) is 0 Å². The van der Waals surface area contributed by atoms with Gasteiger partial charge in [0.1, 0.15) is 0 Å². The van der Waals surface area contributed by atoms with E-state index in [1.807, 2.05) is 12.1 Å². The van der Waals surface area contributed by atoms with Crippen molar-refractivity contribution >= 4 is 22.9 Å². The maximum atomic E-state index is 13.7. The van der Waals surface area contributed by atoms with E-state index in [0.29, 0.717) is 72.9 Å². The lowest BCUT2D eigenvalue weighted by molar-refractivity contribution is -0.905. The predicted octanol–water partition coefficient (Wildman–Crippen LogP) is -5.98. The normalized spacial score (nSPS) is 12.7. The Bertz CT molecular complexity index is 1030. The van der Waals surface area contributed by atoms with Crippen LogP contribution in [-0.4, -0.2) is 113 Å². The number of ketones is 2. The Labute approximate surface area is 250 Å². The van der Waals surface area contributed by atoms with Crippen LogP contribution >= 0.6 is 0 Å². The lowest BCUT2D eigenvalue weighted by atomic mass is 9.82. The maximum Gasteiger partial charge on any atom is 0.196 e. The van der Waals surface area contributed by atoms with Crippen molar-refractivity contribution < 1.29 is 43.4 Å². The van der Waals surface area contributed by atoms with Crippen LogP contribution in [0.5, 0.6) is 0 Å². The molecule has 1 aliphatic carbocycles. The number of likely N-dealkylation sites (N-methyl/N-ethyl adjacent to an activating group) is 2. The Morgan fingerprint density at radius 3 is 1.20 bits per heavy atom. The number of carbonyl (C=O) groups excluding carboxylic acids is 2. The van der Waals surface area contributed by atoms with Crippen molar-refractivity contribution in [2.24, 2.45) is 22.9 Å². The van der Waals surface area contributed by atoms with E-state index in [1.54, 1.807) is 24.3 Å². The molecular weight excluding hydrogens is 551 g/mol. The number of nitrogens with one attached hydrogen (secondary N) is 2. The predicted molar refractivity (Wildman–Crippen MR) is 155 cm³/mol. The quantitative estimate of drug-likeness (QED) is 0.0890. The van der Waals surface area contributed by atoms with Crippen LogP contribution in [0.15, 0.2) is 36.4 Å². The Morgan fingerprint density at radius 2 is 0.900 bits per heavy atom. The summed E-state index contributed by atoms with van der Waals surface area (Å²) in [5.74, 6) is -0.288. The van der Waals surface area contributed by atoms with Gasteiger partial charge in [0.15, 0.2) is 11.6 Å². The van der Waals surface area contributed by atoms with Crippen LogP contribution in [0.1, 0.15) is 31.8 Å². The Kier molecular flexibility index (Phi) is 14.5. The van der Waals surface area contributed by atoms with Gasteiger partial charge in [-0.2, -0.15) is 0 Å². The first kappa shape index (κ1) is 35.7. The second kappa shape index (κ2) is 16.2. The van der Waals surface area contributed by atoms with Crippen LogP contribution < -0.4 is 58.4 Å². The van der Waals surface area contributed by atoms with Crippen LogP contribution in [0.25, 0.3) is 0 Å². The molecule has 40 heavy (non-hydrogen) atoms. The highest BCUT2D eigenvalue weighted by Crippen LogP contribution is 2.36. The summed E-state index contributed by atoms with van der Waals surface area (Å²) in [4.78, 5) is 27.4. The number of fused-ring (bicyclic) bond motifs is 2. The van der Waals surface area contributed by atoms with Gasteiger partial charge in [-0.3, -0.25) is 9.59 Å². The minimum atomic E-state index is -0.144. The third-order valence-electron chi connectivity index (χ3n) is 7.69. The summed E-state index contributed by atoms with van der Waals surface area (Å²) in [6.07, 6.45) is 0. The van der Waals surface area contributed by atoms with Crippen molar-refractivity contribution in [1.82, 2.24) is 0 Å². The zero-order chi connectivity index (χ0) is 27.8. The number of anilines is 2. The lowest BCUT2D eigenvalue weighted by Crippen LogP contribution is -3.00. The molecule has 0 saturated heterocycles. The molecule has 0 fully saturated rings. The van der Waals surface area contributed by atoms with Gasteiger partial charge in [-0.15, -0.1) is 0 Å². The van der Waals surface area contributed by atoms with E-state index in [0.717, 1.165) is 48.2 Å². The van der Waals surface area contributed by atoms with E-state index in [1.165, 1.54) is 0 Å². The molecule has 0 amide bonds. The summed E-state index contributed by atoms with van der Waals surface area (Å²) in [6, 6.07) is 10.8. The average molecular weight is 598 g/mol. The Balaban J connectivity index is 0.00000400. The average Bonchev–Trinajstić information content (AvgIpc) is 2.88. The summed E-state index contributed by atoms with van der Waals surface area (Å²) >= 11 is 0. The van der Waals surface area contributed by atoms with Gasteiger partial charge in [0.25, 0.3) is 0 Å². The zero-order valence-electron chi connectivity index (χ0n) is 23.7. The minimum Gasteiger partial charge on any atom is -1.00 e. The molecule has 2 aromatic rings. The molecule has 3 rings (SSSR count). The second-order valence-electron chi connectivity index (χ2n) is 10.7. The van der Waals surface area contributed by atoms with Gasteiger partial charge in [-0.25, -0.2) is 0 Å². The van der Waals surface area contributed by atoms with E-state index in [4.69, 9.17) is 22.9 Å². The van der Waals surface area contributed by atoms with Gasteiger partial charge in [0.2, 0.25) is 0 Å². The highest BCUT2D eigenvalue weighted by atomic mass is 35.5. The molecule has 1 aliphatic rings. The molecule has 0 radical (unpaired) electrons. The first-order valence-electron chi connectivity index (χ1n) is 13.5. The van der Waals surface area contributed by atoms with Crippen LogP contribution in [-0.2, 0) is 0 Å². The summed E-state index contributed by atoms with van der Waals surface area (Å²) < 4.78 is 1.47. The van der Waals surface area contributed by atoms with Gasteiger partial charge in [0, 0.05) is 48.7 Å². The van der Waals surface area contributed by atoms with Crippen LogP contribution in [0, 0.1) is 0 Å². The third kappa shape index (κ3) is 8.37. The number of quaternary nitrogens is 2. The van der Waals surface area contributed by atoms with Gasteiger partial charge in [0.05, 0.1) is 77.6 Å². The summed E-state index contributed by atoms with van der Waals surface area (Å²) in [6.45, 7) is 8.38. The molecule has 10 N–H and O–H groups in total.